The second-order valence-corrected chi connectivity index (χ2v) is 13.3. The maximum absolute atomic E-state index is 12.0. The van der Waals surface area contributed by atoms with Crippen LogP contribution in [0.3, 0.4) is 0 Å². The third kappa shape index (κ3) is 36.8. The summed E-state index contributed by atoms with van der Waals surface area (Å²) < 4.78 is 21.3. The van der Waals surface area contributed by atoms with E-state index in [4.69, 9.17) is 24.1 Å². The first-order valence-electron chi connectivity index (χ1n) is 19.2. The number of carboxylic acid groups (broad SMARTS) is 2. The third-order valence-corrected chi connectivity index (χ3v) is 8.06. The minimum atomic E-state index is -1.07. The SMILES string of the molecule is CC(C)CC[C@H](NC(=O)COCCOCCNC(=O)COCCOCCNC(=O)CCCCCCCCCCCCCCCCC(=O)O)C(=O)O. The second-order valence-electron chi connectivity index (χ2n) is 13.3. The molecule has 0 aromatic heterocycles. The van der Waals surface area contributed by atoms with Crippen molar-refractivity contribution in [3.05, 3.63) is 0 Å². The summed E-state index contributed by atoms with van der Waals surface area (Å²) in [5.74, 6) is -2.16. The summed E-state index contributed by atoms with van der Waals surface area (Å²) in [6.07, 6.45) is 18.0. The quantitative estimate of drug-likeness (QED) is 0.0556. The number of hydrogen-bond acceptors (Lipinski definition) is 9. The number of unbranched alkanes of at least 4 members (excludes halogenated alkanes) is 13. The number of ether oxygens (including phenoxy) is 4. The van der Waals surface area contributed by atoms with Crippen molar-refractivity contribution in [2.24, 2.45) is 5.92 Å². The Labute approximate surface area is 305 Å². The first-order chi connectivity index (χ1) is 24.6. The van der Waals surface area contributed by atoms with Gasteiger partial charge in [-0.05, 0) is 31.6 Å². The van der Waals surface area contributed by atoms with Gasteiger partial charge in [-0.25, -0.2) is 4.79 Å². The molecule has 0 aromatic rings. The molecule has 0 heterocycles. The first-order valence-corrected chi connectivity index (χ1v) is 19.2. The van der Waals surface area contributed by atoms with Crippen molar-refractivity contribution in [2.45, 2.75) is 135 Å². The molecule has 0 radical (unpaired) electrons. The van der Waals surface area contributed by atoms with Crippen LogP contribution >= 0.6 is 0 Å². The van der Waals surface area contributed by atoms with E-state index in [1.165, 1.54) is 51.4 Å². The van der Waals surface area contributed by atoms with E-state index in [9.17, 15) is 29.1 Å². The molecule has 0 aliphatic carbocycles. The van der Waals surface area contributed by atoms with E-state index in [0.717, 1.165) is 38.5 Å². The predicted molar refractivity (Wildman–Crippen MR) is 194 cm³/mol. The molecular formula is C37H69N3O11. The Morgan fingerprint density at radius 2 is 0.902 bits per heavy atom. The van der Waals surface area contributed by atoms with Gasteiger partial charge in [0, 0.05) is 25.9 Å². The molecule has 0 aliphatic rings. The highest BCUT2D eigenvalue weighted by Gasteiger charge is 2.20. The van der Waals surface area contributed by atoms with Crippen molar-refractivity contribution in [2.75, 3.05) is 65.9 Å². The summed E-state index contributed by atoms with van der Waals surface area (Å²) in [6.45, 7) is 5.92. The van der Waals surface area contributed by atoms with Gasteiger partial charge in [0.15, 0.2) is 0 Å². The van der Waals surface area contributed by atoms with Crippen LogP contribution in [-0.2, 0) is 42.9 Å². The van der Waals surface area contributed by atoms with Crippen LogP contribution in [-0.4, -0.2) is 112 Å². The standard InChI is InChI=1S/C37H69N3O11/c1-31(2)19-20-32(37(46)47)40-35(43)30-51-28-26-49-24-22-39-34(42)29-50-27-25-48-23-21-38-33(41)17-15-13-11-9-7-5-3-4-6-8-10-12-14-16-18-36(44)45/h31-32H,3-30H2,1-2H3,(H,38,41)(H,39,42)(H,40,43)(H,44,45)(H,46,47)/t32-/m0/s1. The highest BCUT2D eigenvalue weighted by atomic mass is 16.5. The summed E-state index contributed by atoms with van der Waals surface area (Å²) in [5.41, 5.74) is 0. The summed E-state index contributed by atoms with van der Waals surface area (Å²) in [7, 11) is 0. The Morgan fingerprint density at radius 3 is 1.35 bits per heavy atom. The smallest absolute Gasteiger partial charge is 0.326 e. The number of carboxylic acids is 2. The van der Waals surface area contributed by atoms with E-state index in [-0.39, 0.29) is 58.0 Å². The average Bonchev–Trinajstić information content (AvgIpc) is 3.08. The first kappa shape index (κ1) is 48.2. The molecule has 14 nitrogen and oxygen atoms in total. The zero-order valence-electron chi connectivity index (χ0n) is 31.5. The van der Waals surface area contributed by atoms with E-state index < -0.39 is 23.9 Å². The van der Waals surface area contributed by atoms with Crippen LogP contribution in [0.15, 0.2) is 0 Å². The van der Waals surface area contributed by atoms with Crippen LogP contribution in [0.1, 0.15) is 129 Å². The van der Waals surface area contributed by atoms with Crippen molar-refractivity contribution in [1.29, 1.82) is 0 Å². The van der Waals surface area contributed by atoms with Crippen molar-refractivity contribution >= 4 is 29.7 Å². The minimum absolute atomic E-state index is 0.0379. The zero-order chi connectivity index (χ0) is 37.8. The molecule has 0 bridgehead atoms. The maximum Gasteiger partial charge on any atom is 0.326 e. The molecule has 0 unspecified atom stereocenters. The lowest BCUT2D eigenvalue weighted by Gasteiger charge is -2.15. The summed E-state index contributed by atoms with van der Waals surface area (Å²) in [4.78, 5) is 57.5. The molecule has 14 heteroatoms. The predicted octanol–water partition coefficient (Wildman–Crippen LogP) is 4.62. The molecule has 0 saturated carbocycles. The van der Waals surface area contributed by atoms with Crippen molar-refractivity contribution in [3.8, 4) is 0 Å². The molecule has 5 N–H and O–H groups in total. The van der Waals surface area contributed by atoms with Gasteiger partial charge >= 0.3 is 11.9 Å². The van der Waals surface area contributed by atoms with Crippen LogP contribution in [0.25, 0.3) is 0 Å². The lowest BCUT2D eigenvalue weighted by Crippen LogP contribution is -2.42. The molecule has 0 saturated heterocycles. The third-order valence-electron chi connectivity index (χ3n) is 8.06. The van der Waals surface area contributed by atoms with Gasteiger partial charge in [-0.2, -0.15) is 0 Å². The van der Waals surface area contributed by atoms with Crippen LogP contribution in [0, 0.1) is 5.92 Å². The lowest BCUT2D eigenvalue weighted by molar-refractivity contribution is -0.143. The van der Waals surface area contributed by atoms with E-state index in [0.29, 0.717) is 51.4 Å². The fourth-order valence-electron chi connectivity index (χ4n) is 5.11. The van der Waals surface area contributed by atoms with Crippen molar-refractivity contribution in [3.63, 3.8) is 0 Å². The Kier molecular flexibility index (Phi) is 33.6. The number of hydrogen-bond donors (Lipinski definition) is 5. The number of nitrogens with one attached hydrogen (secondary N) is 3. The topological polar surface area (TPSA) is 199 Å². The van der Waals surface area contributed by atoms with E-state index in [1.807, 2.05) is 13.8 Å². The Balaban J connectivity index is 3.42. The van der Waals surface area contributed by atoms with Gasteiger partial charge in [0.1, 0.15) is 19.3 Å². The van der Waals surface area contributed by atoms with Crippen LogP contribution in [0.5, 0.6) is 0 Å². The second kappa shape index (κ2) is 35.6. The van der Waals surface area contributed by atoms with Gasteiger partial charge in [-0.3, -0.25) is 19.2 Å². The Hall–Kier alpha value is -2.81. The van der Waals surface area contributed by atoms with E-state index >= 15 is 0 Å². The molecule has 1 atom stereocenters. The lowest BCUT2D eigenvalue weighted by atomic mass is 10.0. The average molecular weight is 732 g/mol. The summed E-state index contributed by atoms with van der Waals surface area (Å²) >= 11 is 0. The van der Waals surface area contributed by atoms with Gasteiger partial charge < -0.3 is 45.1 Å². The summed E-state index contributed by atoms with van der Waals surface area (Å²) in [6, 6.07) is -0.930. The van der Waals surface area contributed by atoms with Gasteiger partial charge in [0.05, 0.1) is 39.6 Å². The van der Waals surface area contributed by atoms with Crippen LogP contribution < -0.4 is 16.0 Å². The highest BCUT2D eigenvalue weighted by molar-refractivity contribution is 5.84. The molecule has 51 heavy (non-hydrogen) atoms. The molecule has 0 spiro atoms. The van der Waals surface area contributed by atoms with E-state index in [2.05, 4.69) is 16.0 Å². The fourth-order valence-corrected chi connectivity index (χ4v) is 5.11. The molecule has 0 aromatic carbocycles. The monoisotopic (exact) mass is 731 g/mol. The molecule has 0 fully saturated rings. The van der Waals surface area contributed by atoms with Gasteiger partial charge in [0.25, 0.3) is 0 Å². The van der Waals surface area contributed by atoms with Gasteiger partial charge in [-0.15, -0.1) is 0 Å². The Morgan fingerprint density at radius 1 is 0.490 bits per heavy atom. The normalized spacial score (nSPS) is 11.7. The van der Waals surface area contributed by atoms with Gasteiger partial charge in [-0.1, -0.05) is 90.9 Å². The molecular weight excluding hydrogens is 662 g/mol. The number of rotatable bonds is 38. The van der Waals surface area contributed by atoms with Crippen LogP contribution in [0.2, 0.25) is 0 Å². The number of aliphatic carboxylic acids is 2. The van der Waals surface area contributed by atoms with Gasteiger partial charge in [0.2, 0.25) is 17.7 Å². The summed E-state index contributed by atoms with van der Waals surface area (Å²) in [5, 5.41) is 25.8. The van der Waals surface area contributed by atoms with Crippen LogP contribution in [0.4, 0.5) is 0 Å². The van der Waals surface area contributed by atoms with Crippen molar-refractivity contribution < 1.29 is 53.1 Å². The molecule has 0 aliphatic heterocycles. The number of carbonyl (C=O) groups excluding carboxylic acids is 3. The molecule has 3 amide bonds. The number of carbonyl (C=O) groups is 5. The largest absolute Gasteiger partial charge is 0.481 e. The fraction of sp³-hybridized carbons (Fsp3) is 0.865. The minimum Gasteiger partial charge on any atom is -0.481 e. The van der Waals surface area contributed by atoms with E-state index in [1.54, 1.807) is 0 Å². The Bertz CT molecular complexity index is 905. The van der Waals surface area contributed by atoms with Crippen molar-refractivity contribution in [1.82, 2.24) is 16.0 Å². The number of amides is 3. The molecule has 0 rings (SSSR count). The zero-order valence-corrected chi connectivity index (χ0v) is 31.5. The maximum atomic E-state index is 12.0. The highest BCUT2D eigenvalue weighted by Crippen LogP contribution is 2.14. The molecule has 298 valence electrons.